The molecule has 0 aliphatic carbocycles. The zero-order chi connectivity index (χ0) is 22.1. The van der Waals surface area contributed by atoms with Gasteiger partial charge in [-0.15, -0.1) is 22.7 Å². The minimum absolute atomic E-state index is 0.245. The molecule has 2 aromatic carbocycles. The van der Waals surface area contributed by atoms with Gasteiger partial charge in [0.15, 0.2) is 0 Å². The fourth-order valence-corrected chi connectivity index (χ4v) is 6.00. The molecule has 6 nitrogen and oxygen atoms in total. The number of hydrogen-bond acceptors (Lipinski definition) is 7. The van der Waals surface area contributed by atoms with Crippen LogP contribution in [-0.4, -0.2) is 35.4 Å². The van der Waals surface area contributed by atoms with Crippen LogP contribution in [0.3, 0.4) is 0 Å². The van der Waals surface area contributed by atoms with E-state index in [1.54, 1.807) is 11.6 Å². The molecule has 1 aliphatic heterocycles. The van der Waals surface area contributed by atoms with Crippen LogP contribution in [0.5, 0.6) is 0 Å². The van der Waals surface area contributed by atoms with Crippen molar-refractivity contribution in [2.24, 2.45) is 0 Å². The molecule has 0 saturated heterocycles. The lowest BCUT2D eigenvalue weighted by atomic mass is 10.0. The van der Waals surface area contributed by atoms with Crippen LogP contribution >= 0.6 is 22.7 Å². The van der Waals surface area contributed by atoms with Gasteiger partial charge in [0.05, 0.1) is 28.4 Å². The predicted molar refractivity (Wildman–Crippen MR) is 127 cm³/mol. The Morgan fingerprint density at radius 3 is 2.84 bits per heavy atom. The minimum Gasteiger partial charge on any atom is -0.465 e. The number of aromatic nitrogens is 1. The number of nitrogens with one attached hydrogen (secondary N) is 1. The topological polar surface area (TPSA) is 71.5 Å². The molecule has 0 saturated carbocycles. The molecule has 32 heavy (non-hydrogen) atoms. The molecule has 4 aromatic rings. The zero-order valence-electron chi connectivity index (χ0n) is 17.5. The van der Waals surface area contributed by atoms with Crippen LogP contribution in [0.1, 0.15) is 36.7 Å². The summed E-state index contributed by atoms with van der Waals surface area (Å²) in [5, 5.41) is 3.52. The van der Waals surface area contributed by atoms with Gasteiger partial charge in [-0.25, -0.2) is 9.78 Å². The van der Waals surface area contributed by atoms with Crippen molar-refractivity contribution in [2.75, 3.05) is 19.0 Å². The molecular formula is C24H21N3O3S2. The number of anilines is 1. The molecule has 1 aliphatic rings. The first-order chi connectivity index (χ1) is 15.6. The minimum atomic E-state index is -0.410. The summed E-state index contributed by atoms with van der Waals surface area (Å²) in [5.74, 6) is -0.655. The maximum Gasteiger partial charge on any atom is 0.341 e. The molecule has 0 spiro atoms. The summed E-state index contributed by atoms with van der Waals surface area (Å²) in [5.41, 5.74) is 5.89. The summed E-state index contributed by atoms with van der Waals surface area (Å²) >= 11 is 2.96. The van der Waals surface area contributed by atoms with E-state index in [4.69, 9.17) is 4.74 Å². The molecule has 0 unspecified atom stereocenters. The Bertz CT molecular complexity index is 1300. The zero-order valence-corrected chi connectivity index (χ0v) is 19.1. The van der Waals surface area contributed by atoms with Gasteiger partial charge in [-0.3, -0.25) is 9.69 Å². The van der Waals surface area contributed by atoms with E-state index in [0.717, 1.165) is 46.7 Å². The molecule has 5 rings (SSSR count). The van der Waals surface area contributed by atoms with Gasteiger partial charge in [0.25, 0.3) is 5.91 Å². The second kappa shape index (κ2) is 8.82. The van der Waals surface area contributed by atoms with E-state index in [0.29, 0.717) is 16.1 Å². The van der Waals surface area contributed by atoms with Crippen LogP contribution in [0, 0.1) is 0 Å². The highest BCUT2D eigenvalue weighted by Gasteiger charge is 2.29. The number of thiazole rings is 1. The lowest BCUT2D eigenvalue weighted by Gasteiger charge is -2.27. The second-order valence-corrected chi connectivity index (χ2v) is 9.63. The summed E-state index contributed by atoms with van der Waals surface area (Å²) in [6.07, 6.45) is 0.742. The Labute approximate surface area is 193 Å². The van der Waals surface area contributed by atoms with Crippen molar-refractivity contribution in [1.29, 1.82) is 0 Å². The number of esters is 1. The predicted octanol–water partition coefficient (Wildman–Crippen LogP) is 4.96. The van der Waals surface area contributed by atoms with E-state index >= 15 is 0 Å². The summed E-state index contributed by atoms with van der Waals surface area (Å²) < 4.78 is 6.01. The lowest BCUT2D eigenvalue weighted by molar-refractivity contribution is 0.0600. The van der Waals surface area contributed by atoms with Gasteiger partial charge in [0, 0.05) is 30.1 Å². The number of benzene rings is 2. The third-order valence-corrected chi connectivity index (χ3v) is 7.52. The molecule has 1 N–H and O–H groups in total. The van der Waals surface area contributed by atoms with E-state index in [1.165, 1.54) is 35.3 Å². The summed E-state index contributed by atoms with van der Waals surface area (Å²) in [6.45, 7) is 2.43. The van der Waals surface area contributed by atoms with Crippen LogP contribution < -0.4 is 5.32 Å². The Hall–Kier alpha value is -3.07. The smallest absolute Gasteiger partial charge is 0.341 e. The molecule has 3 heterocycles. The Balaban J connectivity index is 1.41. The Morgan fingerprint density at radius 2 is 2.03 bits per heavy atom. The van der Waals surface area contributed by atoms with Gasteiger partial charge < -0.3 is 10.1 Å². The highest BCUT2D eigenvalue weighted by atomic mass is 32.1. The van der Waals surface area contributed by atoms with Gasteiger partial charge in [-0.2, -0.15) is 0 Å². The summed E-state index contributed by atoms with van der Waals surface area (Å²) in [4.78, 5) is 33.3. The van der Waals surface area contributed by atoms with E-state index in [-0.39, 0.29) is 5.91 Å². The summed E-state index contributed by atoms with van der Waals surface area (Å²) in [6, 6.07) is 15.8. The van der Waals surface area contributed by atoms with Crippen molar-refractivity contribution in [2.45, 2.75) is 19.5 Å². The third kappa shape index (κ3) is 4.04. The average Bonchev–Trinajstić information content (AvgIpc) is 3.42. The first-order valence-corrected chi connectivity index (χ1v) is 12.0. The van der Waals surface area contributed by atoms with Gasteiger partial charge in [0.2, 0.25) is 0 Å². The molecule has 0 radical (unpaired) electrons. The van der Waals surface area contributed by atoms with Crippen LogP contribution in [0.2, 0.25) is 0 Å². The molecule has 1 amide bonds. The number of nitrogens with zero attached hydrogens (tertiary/aromatic N) is 2. The highest BCUT2D eigenvalue weighted by molar-refractivity contribution is 7.17. The number of fused-ring (bicyclic) bond motifs is 2. The number of ether oxygens (including phenoxy) is 1. The standard InChI is InChI=1S/C24H21N3O3S2/c1-30-24(29)21-17-9-10-27(12-15-5-3-2-4-6-15)13-20(17)32-23(21)26-22(28)16-7-8-18-19(11-16)31-14-25-18/h2-8,11,14H,9-10,12-13H2,1H3,(H,26,28). The van der Waals surface area contributed by atoms with Crippen molar-refractivity contribution < 1.29 is 14.3 Å². The molecule has 0 atom stereocenters. The van der Waals surface area contributed by atoms with Gasteiger partial charge >= 0.3 is 5.97 Å². The van der Waals surface area contributed by atoms with E-state index in [9.17, 15) is 9.59 Å². The number of carbonyl (C=O) groups excluding carboxylic acids is 2. The Kier molecular flexibility index (Phi) is 5.73. The second-order valence-electron chi connectivity index (χ2n) is 7.63. The maximum atomic E-state index is 13.0. The van der Waals surface area contributed by atoms with E-state index in [1.807, 2.05) is 30.3 Å². The van der Waals surface area contributed by atoms with Crippen molar-refractivity contribution in [1.82, 2.24) is 9.88 Å². The highest BCUT2D eigenvalue weighted by Crippen LogP contribution is 2.38. The number of methoxy groups -OCH3 is 1. The van der Waals surface area contributed by atoms with Gasteiger partial charge in [-0.1, -0.05) is 30.3 Å². The van der Waals surface area contributed by atoms with Gasteiger partial charge in [0.1, 0.15) is 5.00 Å². The molecule has 2 aromatic heterocycles. The summed E-state index contributed by atoms with van der Waals surface area (Å²) in [7, 11) is 1.38. The lowest BCUT2D eigenvalue weighted by Crippen LogP contribution is -2.29. The maximum absolute atomic E-state index is 13.0. The van der Waals surface area contributed by atoms with Crippen LogP contribution in [0.4, 0.5) is 5.00 Å². The van der Waals surface area contributed by atoms with Crippen LogP contribution in [0.25, 0.3) is 10.2 Å². The number of amides is 1. The van der Waals surface area contributed by atoms with Gasteiger partial charge in [-0.05, 0) is 35.7 Å². The van der Waals surface area contributed by atoms with Crippen molar-refractivity contribution in [3.63, 3.8) is 0 Å². The number of thiophene rings is 1. The Morgan fingerprint density at radius 1 is 1.19 bits per heavy atom. The van der Waals surface area contributed by atoms with Crippen LogP contribution in [0.15, 0.2) is 54.0 Å². The monoisotopic (exact) mass is 463 g/mol. The fourth-order valence-electron chi connectivity index (χ4n) is 4.01. The van der Waals surface area contributed by atoms with Crippen LogP contribution in [-0.2, 0) is 24.2 Å². The molecule has 0 fully saturated rings. The quantitative estimate of drug-likeness (QED) is 0.424. The average molecular weight is 464 g/mol. The van der Waals surface area contributed by atoms with Crippen molar-refractivity contribution in [3.8, 4) is 0 Å². The molecule has 162 valence electrons. The first kappa shape index (κ1) is 20.8. The molecule has 8 heteroatoms. The molecular weight excluding hydrogens is 442 g/mol. The van der Waals surface area contributed by atoms with Crippen molar-refractivity contribution in [3.05, 3.63) is 81.2 Å². The van der Waals surface area contributed by atoms with E-state index < -0.39 is 5.97 Å². The number of rotatable bonds is 5. The number of hydrogen-bond donors (Lipinski definition) is 1. The largest absolute Gasteiger partial charge is 0.465 e. The third-order valence-electron chi connectivity index (χ3n) is 5.59. The number of carbonyl (C=O) groups is 2. The van der Waals surface area contributed by atoms with E-state index in [2.05, 4.69) is 27.3 Å². The fraction of sp³-hybridized carbons (Fsp3) is 0.208. The van der Waals surface area contributed by atoms with Crippen molar-refractivity contribution >= 4 is 49.8 Å². The SMILES string of the molecule is COC(=O)c1c(NC(=O)c2ccc3ncsc3c2)sc2c1CCN(Cc1ccccc1)C2. The first-order valence-electron chi connectivity index (χ1n) is 10.3. The normalized spacial score (nSPS) is 13.7. The molecule has 0 bridgehead atoms.